The maximum atomic E-state index is 11.7. The monoisotopic (exact) mass is 286 g/mol. The Morgan fingerprint density at radius 2 is 1.70 bits per heavy atom. The van der Waals surface area contributed by atoms with Crippen LogP contribution in [0.1, 0.15) is 65.7 Å². The maximum Gasteiger partial charge on any atom is 0.315 e. The molecule has 2 amide bonds. The molecule has 0 saturated heterocycles. The summed E-state index contributed by atoms with van der Waals surface area (Å²) in [5.41, 5.74) is 0. The molecule has 20 heavy (non-hydrogen) atoms. The molecule has 0 heterocycles. The Morgan fingerprint density at radius 1 is 1.05 bits per heavy atom. The number of urea groups is 1. The van der Waals surface area contributed by atoms with Gasteiger partial charge in [0.05, 0.1) is 0 Å². The van der Waals surface area contributed by atoms with E-state index in [2.05, 4.69) is 31.4 Å². The molecular weight excluding hydrogens is 256 g/mol. The zero-order valence-electron chi connectivity index (χ0n) is 13.1. The lowest BCUT2D eigenvalue weighted by atomic mass is 9.94. The van der Waals surface area contributed by atoms with Gasteiger partial charge in [0, 0.05) is 19.0 Å². The van der Waals surface area contributed by atoms with Crippen LogP contribution in [0, 0.1) is 5.92 Å². The number of carboxylic acid groups (broad SMARTS) is 1. The largest absolute Gasteiger partial charge is 0.481 e. The normalized spacial score (nSPS) is 12.2. The Morgan fingerprint density at radius 3 is 2.20 bits per heavy atom. The van der Waals surface area contributed by atoms with E-state index in [4.69, 9.17) is 5.11 Å². The second-order valence-corrected chi connectivity index (χ2v) is 5.29. The number of rotatable bonds is 11. The van der Waals surface area contributed by atoms with Gasteiger partial charge in [-0.3, -0.25) is 4.79 Å². The number of amides is 2. The predicted molar refractivity (Wildman–Crippen MR) is 80.8 cm³/mol. The average molecular weight is 286 g/mol. The van der Waals surface area contributed by atoms with Gasteiger partial charge in [-0.05, 0) is 31.6 Å². The van der Waals surface area contributed by atoms with Crippen molar-refractivity contribution in [3.63, 3.8) is 0 Å². The molecule has 0 aromatic carbocycles. The van der Waals surface area contributed by atoms with Crippen molar-refractivity contribution in [1.82, 2.24) is 10.6 Å². The van der Waals surface area contributed by atoms with E-state index in [0.717, 1.165) is 32.1 Å². The smallest absolute Gasteiger partial charge is 0.315 e. The van der Waals surface area contributed by atoms with Gasteiger partial charge < -0.3 is 15.7 Å². The second-order valence-electron chi connectivity index (χ2n) is 5.29. The fourth-order valence-corrected chi connectivity index (χ4v) is 2.29. The summed E-state index contributed by atoms with van der Waals surface area (Å²) in [6.45, 7) is 6.81. The highest BCUT2D eigenvalue weighted by Gasteiger charge is 2.12. The van der Waals surface area contributed by atoms with Crippen LogP contribution in [-0.2, 0) is 4.79 Å². The van der Waals surface area contributed by atoms with Crippen LogP contribution < -0.4 is 10.6 Å². The van der Waals surface area contributed by atoms with Gasteiger partial charge in [0.2, 0.25) is 0 Å². The van der Waals surface area contributed by atoms with E-state index in [1.54, 1.807) is 0 Å². The third-order valence-electron chi connectivity index (χ3n) is 3.62. The lowest BCUT2D eigenvalue weighted by Crippen LogP contribution is -2.42. The summed E-state index contributed by atoms with van der Waals surface area (Å²) >= 11 is 0. The first-order chi connectivity index (χ1) is 9.53. The number of carbonyl (C=O) groups excluding carboxylic acids is 1. The van der Waals surface area contributed by atoms with E-state index >= 15 is 0 Å². The van der Waals surface area contributed by atoms with Crippen LogP contribution in [0.15, 0.2) is 0 Å². The summed E-state index contributed by atoms with van der Waals surface area (Å²) in [6.07, 6.45) is 5.68. The van der Waals surface area contributed by atoms with E-state index in [1.165, 1.54) is 0 Å². The molecule has 0 saturated carbocycles. The molecule has 0 aliphatic rings. The fourth-order valence-electron chi connectivity index (χ4n) is 2.29. The summed E-state index contributed by atoms with van der Waals surface area (Å²) in [5, 5.41) is 14.5. The first-order valence-electron chi connectivity index (χ1n) is 7.79. The van der Waals surface area contributed by atoms with Crippen molar-refractivity contribution in [3.8, 4) is 0 Å². The van der Waals surface area contributed by atoms with Gasteiger partial charge in [0.15, 0.2) is 0 Å². The maximum absolute atomic E-state index is 11.7. The predicted octanol–water partition coefficient (Wildman–Crippen LogP) is 3.15. The fraction of sp³-hybridized carbons (Fsp3) is 0.867. The average Bonchev–Trinajstić information content (AvgIpc) is 2.42. The Hall–Kier alpha value is -1.26. The molecule has 0 spiro atoms. The minimum atomic E-state index is -0.745. The van der Waals surface area contributed by atoms with Crippen LogP contribution in [0.4, 0.5) is 4.79 Å². The van der Waals surface area contributed by atoms with Crippen molar-refractivity contribution in [1.29, 1.82) is 0 Å². The van der Waals surface area contributed by atoms with Crippen molar-refractivity contribution in [2.45, 2.75) is 71.8 Å². The van der Waals surface area contributed by atoms with Crippen molar-refractivity contribution in [3.05, 3.63) is 0 Å². The molecule has 0 rings (SSSR count). The number of hydrogen-bond donors (Lipinski definition) is 3. The summed E-state index contributed by atoms with van der Waals surface area (Å²) in [4.78, 5) is 22.3. The zero-order valence-corrected chi connectivity index (χ0v) is 13.1. The number of nitrogens with one attached hydrogen (secondary N) is 2. The molecule has 5 nitrogen and oxygen atoms in total. The molecule has 0 aliphatic carbocycles. The Balaban J connectivity index is 3.91. The van der Waals surface area contributed by atoms with Gasteiger partial charge in [0.25, 0.3) is 0 Å². The first kappa shape index (κ1) is 18.7. The third-order valence-corrected chi connectivity index (χ3v) is 3.62. The van der Waals surface area contributed by atoms with Crippen molar-refractivity contribution in [2.24, 2.45) is 5.92 Å². The Labute approximate surface area is 122 Å². The molecule has 0 aromatic rings. The molecule has 3 N–H and O–H groups in total. The van der Waals surface area contributed by atoms with Crippen LogP contribution in [-0.4, -0.2) is 29.7 Å². The van der Waals surface area contributed by atoms with E-state index in [9.17, 15) is 9.59 Å². The summed E-state index contributed by atoms with van der Waals surface area (Å²) < 4.78 is 0. The number of aliphatic carboxylic acids is 1. The lowest BCUT2D eigenvalue weighted by Gasteiger charge is -2.18. The van der Waals surface area contributed by atoms with Gasteiger partial charge in [-0.25, -0.2) is 4.79 Å². The van der Waals surface area contributed by atoms with Crippen LogP contribution in [0.2, 0.25) is 0 Å². The third kappa shape index (κ3) is 9.64. The minimum absolute atomic E-state index is 0.118. The summed E-state index contributed by atoms with van der Waals surface area (Å²) in [6, 6.07) is 0.112. The standard InChI is InChI=1S/C15H30N2O3/c1-4-7-12(8-9-14(18)19)10-11-16-15(20)17-13(5-2)6-3/h12-13H,4-11H2,1-3H3,(H,18,19)(H2,16,17,20). The second kappa shape index (κ2) is 11.6. The first-order valence-corrected chi connectivity index (χ1v) is 7.79. The zero-order chi connectivity index (χ0) is 15.4. The summed E-state index contributed by atoms with van der Waals surface area (Å²) in [7, 11) is 0. The van der Waals surface area contributed by atoms with Crippen molar-refractivity contribution in [2.75, 3.05) is 6.54 Å². The molecular formula is C15H30N2O3. The highest BCUT2D eigenvalue weighted by Crippen LogP contribution is 2.17. The molecule has 118 valence electrons. The van der Waals surface area contributed by atoms with Gasteiger partial charge in [-0.1, -0.05) is 33.6 Å². The molecule has 0 aromatic heterocycles. The van der Waals surface area contributed by atoms with E-state index in [1.807, 2.05) is 0 Å². The number of carboxylic acids is 1. The highest BCUT2D eigenvalue weighted by atomic mass is 16.4. The number of carbonyl (C=O) groups is 2. The molecule has 5 heteroatoms. The van der Waals surface area contributed by atoms with Crippen molar-refractivity contribution >= 4 is 12.0 Å². The van der Waals surface area contributed by atoms with Crippen molar-refractivity contribution < 1.29 is 14.7 Å². The minimum Gasteiger partial charge on any atom is -0.481 e. The summed E-state index contributed by atoms with van der Waals surface area (Å²) in [5.74, 6) is -0.366. The molecule has 0 fully saturated rings. The van der Waals surface area contributed by atoms with Gasteiger partial charge >= 0.3 is 12.0 Å². The Kier molecular flexibility index (Phi) is 10.8. The quantitative estimate of drug-likeness (QED) is 0.546. The lowest BCUT2D eigenvalue weighted by molar-refractivity contribution is -0.137. The molecule has 1 atom stereocenters. The number of hydrogen-bond acceptors (Lipinski definition) is 2. The van der Waals surface area contributed by atoms with Crippen LogP contribution in [0.5, 0.6) is 0 Å². The Bertz CT molecular complexity index is 278. The van der Waals surface area contributed by atoms with Crippen LogP contribution in [0.25, 0.3) is 0 Å². The van der Waals surface area contributed by atoms with Gasteiger partial charge in [0.1, 0.15) is 0 Å². The van der Waals surface area contributed by atoms with E-state index in [0.29, 0.717) is 18.9 Å². The van der Waals surface area contributed by atoms with Crippen LogP contribution >= 0.6 is 0 Å². The molecule has 0 radical (unpaired) electrons. The molecule has 1 unspecified atom stereocenters. The molecule has 0 bridgehead atoms. The van der Waals surface area contributed by atoms with E-state index < -0.39 is 5.97 Å². The SMILES string of the molecule is CCCC(CCNC(=O)NC(CC)CC)CCC(=O)O. The highest BCUT2D eigenvalue weighted by molar-refractivity contribution is 5.74. The molecule has 0 aliphatic heterocycles. The van der Waals surface area contributed by atoms with E-state index in [-0.39, 0.29) is 18.5 Å². The van der Waals surface area contributed by atoms with Gasteiger partial charge in [-0.15, -0.1) is 0 Å². The van der Waals surface area contributed by atoms with Crippen LogP contribution in [0.3, 0.4) is 0 Å². The van der Waals surface area contributed by atoms with Gasteiger partial charge in [-0.2, -0.15) is 0 Å². The topological polar surface area (TPSA) is 78.4 Å².